The third kappa shape index (κ3) is 4.94. The minimum Gasteiger partial charge on any atom is -0.381 e. The smallest absolute Gasteiger partial charge is 0.0468 e. The average Bonchev–Trinajstić information content (AvgIpc) is 2.53. The average molecular weight is 294 g/mol. The highest BCUT2D eigenvalue weighted by atomic mass is 16.5. The maximum atomic E-state index is 5.48. The van der Waals surface area contributed by atoms with Crippen LogP contribution in [0.3, 0.4) is 0 Å². The van der Waals surface area contributed by atoms with Crippen LogP contribution in [0.25, 0.3) is 0 Å². The van der Waals surface area contributed by atoms with Gasteiger partial charge >= 0.3 is 0 Å². The summed E-state index contributed by atoms with van der Waals surface area (Å²) in [5, 5.41) is 7.59. The number of ether oxygens (including phenoxy) is 1. The van der Waals surface area contributed by atoms with E-state index >= 15 is 0 Å². The van der Waals surface area contributed by atoms with Gasteiger partial charge in [-0.15, -0.1) is 0 Å². The Hall–Kier alpha value is -0.120. The Kier molecular flexibility index (Phi) is 5.96. The summed E-state index contributed by atoms with van der Waals surface area (Å²) in [4.78, 5) is 0. The van der Waals surface area contributed by atoms with Gasteiger partial charge in [0.2, 0.25) is 0 Å². The molecule has 0 aliphatic carbocycles. The molecule has 0 saturated carbocycles. The molecule has 2 N–H and O–H groups in total. The third-order valence-electron chi connectivity index (χ3n) is 5.96. The molecule has 4 unspecified atom stereocenters. The zero-order valence-corrected chi connectivity index (χ0v) is 13.8. The molecule has 3 rings (SSSR count). The minimum absolute atomic E-state index is 0.766. The van der Waals surface area contributed by atoms with Gasteiger partial charge in [-0.25, -0.2) is 0 Å². The van der Waals surface area contributed by atoms with E-state index in [1.54, 1.807) is 0 Å². The Morgan fingerprint density at radius 1 is 0.762 bits per heavy atom. The summed E-state index contributed by atoms with van der Waals surface area (Å²) < 4.78 is 5.48. The molecule has 3 aliphatic heterocycles. The molecule has 0 aromatic heterocycles. The summed E-state index contributed by atoms with van der Waals surface area (Å²) in [5.41, 5.74) is 0. The van der Waals surface area contributed by atoms with E-state index < -0.39 is 0 Å². The van der Waals surface area contributed by atoms with Gasteiger partial charge in [0.05, 0.1) is 0 Å². The summed E-state index contributed by atoms with van der Waals surface area (Å²) in [5.74, 6) is 2.73. The van der Waals surface area contributed by atoms with E-state index in [2.05, 4.69) is 17.6 Å². The number of piperidine rings is 2. The largest absolute Gasteiger partial charge is 0.381 e. The normalized spacial score (nSPS) is 39.3. The Morgan fingerprint density at radius 3 is 2.10 bits per heavy atom. The molecular formula is C18H34N2O. The maximum absolute atomic E-state index is 5.48. The topological polar surface area (TPSA) is 33.3 Å². The lowest BCUT2D eigenvalue weighted by Crippen LogP contribution is -2.46. The first-order valence-corrected chi connectivity index (χ1v) is 9.34. The number of nitrogens with one attached hydrogen (secondary N) is 2. The molecule has 0 radical (unpaired) electrons. The van der Waals surface area contributed by atoms with Crippen molar-refractivity contribution in [3.05, 3.63) is 0 Å². The Bertz CT molecular complexity index is 288. The Labute approximate surface area is 130 Å². The van der Waals surface area contributed by atoms with Crippen molar-refractivity contribution in [1.82, 2.24) is 10.6 Å². The van der Waals surface area contributed by atoms with E-state index in [0.29, 0.717) is 0 Å². The lowest BCUT2D eigenvalue weighted by Gasteiger charge is -2.36. The molecule has 0 aromatic carbocycles. The van der Waals surface area contributed by atoms with Crippen molar-refractivity contribution in [2.24, 2.45) is 17.8 Å². The molecule has 3 heterocycles. The van der Waals surface area contributed by atoms with Crippen molar-refractivity contribution >= 4 is 0 Å². The second-order valence-corrected chi connectivity index (χ2v) is 7.86. The predicted octanol–water partition coefficient (Wildman–Crippen LogP) is 2.95. The van der Waals surface area contributed by atoms with E-state index in [0.717, 1.165) is 43.1 Å². The lowest BCUT2D eigenvalue weighted by atomic mass is 9.82. The monoisotopic (exact) mass is 294 g/mol. The van der Waals surface area contributed by atoms with Gasteiger partial charge in [-0.2, -0.15) is 0 Å². The van der Waals surface area contributed by atoms with Gasteiger partial charge in [-0.1, -0.05) is 6.92 Å². The van der Waals surface area contributed by atoms with E-state index in [-0.39, 0.29) is 0 Å². The van der Waals surface area contributed by atoms with Crippen LogP contribution in [0, 0.1) is 17.8 Å². The highest BCUT2D eigenvalue weighted by molar-refractivity contribution is 4.85. The van der Waals surface area contributed by atoms with Gasteiger partial charge < -0.3 is 15.4 Å². The van der Waals surface area contributed by atoms with Crippen LogP contribution in [0.4, 0.5) is 0 Å². The molecular weight excluding hydrogens is 260 g/mol. The molecule has 0 spiro atoms. The maximum Gasteiger partial charge on any atom is 0.0468 e. The van der Waals surface area contributed by atoms with Gasteiger partial charge in [0.15, 0.2) is 0 Å². The molecule has 3 nitrogen and oxygen atoms in total. The van der Waals surface area contributed by atoms with Crippen LogP contribution in [-0.4, -0.2) is 38.4 Å². The van der Waals surface area contributed by atoms with Crippen LogP contribution in [0.5, 0.6) is 0 Å². The first-order valence-electron chi connectivity index (χ1n) is 9.34. The first-order chi connectivity index (χ1) is 10.3. The van der Waals surface area contributed by atoms with Crippen LogP contribution in [0.15, 0.2) is 0 Å². The second kappa shape index (κ2) is 7.94. The Morgan fingerprint density at radius 2 is 1.48 bits per heavy atom. The van der Waals surface area contributed by atoms with Crippen LogP contribution < -0.4 is 10.6 Å². The molecule has 3 heteroatoms. The summed E-state index contributed by atoms with van der Waals surface area (Å²) >= 11 is 0. The van der Waals surface area contributed by atoms with E-state index in [9.17, 15) is 0 Å². The summed E-state index contributed by atoms with van der Waals surface area (Å²) in [6.07, 6.45) is 11.0. The van der Waals surface area contributed by atoms with Crippen molar-refractivity contribution in [1.29, 1.82) is 0 Å². The molecule has 3 fully saturated rings. The van der Waals surface area contributed by atoms with Gasteiger partial charge in [-0.3, -0.25) is 0 Å². The zero-order valence-electron chi connectivity index (χ0n) is 13.8. The van der Waals surface area contributed by atoms with Crippen molar-refractivity contribution in [3.63, 3.8) is 0 Å². The van der Waals surface area contributed by atoms with Crippen molar-refractivity contribution in [2.75, 3.05) is 26.3 Å². The van der Waals surface area contributed by atoms with Crippen LogP contribution in [-0.2, 0) is 4.74 Å². The Balaban J connectivity index is 1.33. The van der Waals surface area contributed by atoms with E-state index in [1.165, 1.54) is 64.5 Å². The molecule has 0 amide bonds. The second-order valence-electron chi connectivity index (χ2n) is 7.86. The molecule has 4 atom stereocenters. The van der Waals surface area contributed by atoms with Crippen molar-refractivity contribution < 1.29 is 4.74 Å². The fourth-order valence-corrected chi connectivity index (χ4v) is 4.43. The SMILES string of the molecule is CC1CCC(CC2CCC(CC3CCOCC3)CN2)NC1. The van der Waals surface area contributed by atoms with Gasteiger partial charge in [0.1, 0.15) is 0 Å². The van der Waals surface area contributed by atoms with E-state index in [4.69, 9.17) is 4.74 Å². The summed E-state index contributed by atoms with van der Waals surface area (Å²) in [6, 6.07) is 1.53. The fraction of sp³-hybridized carbons (Fsp3) is 1.00. The van der Waals surface area contributed by atoms with Crippen LogP contribution in [0.2, 0.25) is 0 Å². The van der Waals surface area contributed by atoms with E-state index in [1.807, 2.05) is 0 Å². The highest BCUT2D eigenvalue weighted by Gasteiger charge is 2.27. The number of hydrogen-bond acceptors (Lipinski definition) is 3. The molecule has 21 heavy (non-hydrogen) atoms. The van der Waals surface area contributed by atoms with Crippen molar-refractivity contribution in [3.8, 4) is 0 Å². The van der Waals surface area contributed by atoms with Gasteiger partial charge in [0.25, 0.3) is 0 Å². The number of rotatable bonds is 4. The standard InChI is InChI=1S/C18H34N2O/c1-14-2-4-17(19-12-14)11-18-5-3-16(13-20-18)10-15-6-8-21-9-7-15/h14-20H,2-13H2,1H3. The molecule has 3 saturated heterocycles. The summed E-state index contributed by atoms with van der Waals surface area (Å²) in [6.45, 7) is 6.84. The molecule has 122 valence electrons. The van der Waals surface area contributed by atoms with Crippen LogP contribution in [0.1, 0.15) is 58.3 Å². The van der Waals surface area contributed by atoms with Gasteiger partial charge in [-0.05, 0) is 82.2 Å². The molecule has 3 aliphatic rings. The minimum atomic E-state index is 0.766. The molecule has 0 bridgehead atoms. The quantitative estimate of drug-likeness (QED) is 0.836. The van der Waals surface area contributed by atoms with Crippen molar-refractivity contribution in [2.45, 2.75) is 70.4 Å². The fourth-order valence-electron chi connectivity index (χ4n) is 4.43. The molecule has 0 aromatic rings. The third-order valence-corrected chi connectivity index (χ3v) is 5.96. The lowest BCUT2D eigenvalue weighted by molar-refractivity contribution is 0.0560. The predicted molar refractivity (Wildman–Crippen MR) is 87.5 cm³/mol. The zero-order chi connectivity index (χ0) is 14.5. The highest BCUT2D eigenvalue weighted by Crippen LogP contribution is 2.29. The summed E-state index contributed by atoms with van der Waals surface area (Å²) in [7, 11) is 0. The first kappa shape index (κ1) is 15.8. The van der Waals surface area contributed by atoms with Crippen LogP contribution >= 0.6 is 0 Å². The van der Waals surface area contributed by atoms with Gasteiger partial charge in [0, 0.05) is 25.3 Å². The number of hydrogen-bond donors (Lipinski definition) is 2.